The Morgan fingerprint density at radius 2 is 1.93 bits per heavy atom. The lowest BCUT2D eigenvalue weighted by molar-refractivity contribution is 0.991. The summed E-state index contributed by atoms with van der Waals surface area (Å²) in [4.78, 5) is 11.1. The van der Waals surface area contributed by atoms with Crippen LogP contribution in [0.5, 0.6) is 0 Å². The first-order valence-corrected chi connectivity index (χ1v) is 4.93. The fourth-order valence-electron chi connectivity index (χ4n) is 1.47. The van der Waals surface area contributed by atoms with Crippen LogP contribution < -0.4 is 5.56 Å². The third-order valence-electron chi connectivity index (χ3n) is 2.36. The highest BCUT2D eigenvalue weighted by Gasteiger charge is 1.98. The maximum atomic E-state index is 11.1. The summed E-state index contributed by atoms with van der Waals surface area (Å²) >= 11 is 0. The first kappa shape index (κ1) is 9.65. The van der Waals surface area contributed by atoms with Gasteiger partial charge in [-0.3, -0.25) is 4.79 Å². The fourth-order valence-corrected chi connectivity index (χ4v) is 1.47. The quantitative estimate of drug-likeness (QED) is 0.805. The van der Waals surface area contributed by atoms with E-state index in [-0.39, 0.29) is 5.56 Å². The van der Waals surface area contributed by atoms with Crippen LogP contribution in [-0.4, -0.2) is 10.2 Å². The van der Waals surface area contributed by atoms with E-state index in [0.717, 1.165) is 17.5 Å². The smallest absolute Gasteiger partial charge is 0.264 e. The number of aromatic amines is 1. The molecule has 0 aliphatic rings. The standard InChI is InChI=1S/C12H12N2O/c1-2-9-3-5-10(6-4-9)11-7-12(15)14-13-8-11/h3-8H,2H2,1H3,(H,14,15). The molecule has 3 heteroatoms. The van der Waals surface area contributed by atoms with Crippen LogP contribution in [0.1, 0.15) is 12.5 Å². The minimum absolute atomic E-state index is 0.174. The molecule has 3 nitrogen and oxygen atoms in total. The van der Waals surface area contributed by atoms with Crippen LogP contribution in [0.25, 0.3) is 11.1 Å². The van der Waals surface area contributed by atoms with Crippen molar-refractivity contribution in [2.75, 3.05) is 0 Å². The fraction of sp³-hybridized carbons (Fsp3) is 0.167. The Balaban J connectivity index is 2.41. The number of H-pyrrole nitrogens is 1. The van der Waals surface area contributed by atoms with Crippen molar-refractivity contribution < 1.29 is 0 Å². The Hall–Kier alpha value is -1.90. The van der Waals surface area contributed by atoms with Crippen LogP contribution >= 0.6 is 0 Å². The van der Waals surface area contributed by atoms with Gasteiger partial charge < -0.3 is 0 Å². The highest BCUT2D eigenvalue weighted by atomic mass is 16.1. The molecule has 1 heterocycles. The van der Waals surface area contributed by atoms with Gasteiger partial charge in [-0.2, -0.15) is 5.10 Å². The molecule has 2 aromatic rings. The zero-order chi connectivity index (χ0) is 10.7. The molecule has 1 N–H and O–H groups in total. The number of hydrogen-bond acceptors (Lipinski definition) is 2. The van der Waals surface area contributed by atoms with Crippen LogP contribution in [0.15, 0.2) is 41.3 Å². The minimum atomic E-state index is -0.174. The second-order valence-corrected chi connectivity index (χ2v) is 3.38. The Labute approximate surface area is 87.8 Å². The maximum Gasteiger partial charge on any atom is 0.264 e. The maximum absolute atomic E-state index is 11.1. The number of benzene rings is 1. The van der Waals surface area contributed by atoms with Crippen molar-refractivity contribution in [3.63, 3.8) is 0 Å². The molecule has 0 spiro atoms. The van der Waals surface area contributed by atoms with Gasteiger partial charge in [0.1, 0.15) is 0 Å². The molecule has 0 saturated heterocycles. The van der Waals surface area contributed by atoms with Gasteiger partial charge in [0.15, 0.2) is 0 Å². The van der Waals surface area contributed by atoms with Crippen molar-refractivity contribution in [2.24, 2.45) is 0 Å². The van der Waals surface area contributed by atoms with Gasteiger partial charge in [0.2, 0.25) is 0 Å². The molecule has 0 fully saturated rings. The molecule has 0 bridgehead atoms. The van der Waals surface area contributed by atoms with Crippen LogP contribution in [0.3, 0.4) is 0 Å². The van der Waals surface area contributed by atoms with E-state index >= 15 is 0 Å². The van der Waals surface area contributed by atoms with Gasteiger partial charge in [0.05, 0.1) is 6.20 Å². The van der Waals surface area contributed by atoms with Gasteiger partial charge in [-0.05, 0) is 17.5 Å². The van der Waals surface area contributed by atoms with Crippen LogP contribution in [0.2, 0.25) is 0 Å². The van der Waals surface area contributed by atoms with E-state index in [1.54, 1.807) is 12.3 Å². The van der Waals surface area contributed by atoms with Crippen molar-refractivity contribution >= 4 is 0 Å². The highest BCUT2D eigenvalue weighted by Crippen LogP contribution is 2.16. The summed E-state index contributed by atoms with van der Waals surface area (Å²) in [5.74, 6) is 0. The lowest BCUT2D eigenvalue weighted by Crippen LogP contribution is -2.05. The average Bonchev–Trinajstić information content (AvgIpc) is 2.29. The zero-order valence-electron chi connectivity index (χ0n) is 8.53. The summed E-state index contributed by atoms with van der Waals surface area (Å²) in [7, 11) is 0. The lowest BCUT2D eigenvalue weighted by Gasteiger charge is -2.01. The summed E-state index contributed by atoms with van der Waals surface area (Å²) < 4.78 is 0. The third kappa shape index (κ3) is 2.13. The van der Waals surface area contributed by atoms with E-state index in [9.17, 15) is 4.79 Å². The van der Waals surface area contributed by atoms with Gasteiger partial charge in [0.25, 0.3) is 5.56 Å². The van der Waals surface area contributed by atoms with Crippen LogP contribution in [0, 0.1) is 0 Å². The Morgan fingerprint density at radius 3 is 2.53 bits per heavy atom. The largest absolute Gasteiger partial charge is 0.268 e. The predicted octanol–water partition coefficient (Wildman–Crippen LogP) is 2.00. The summed E-state index contributed by atoms with van der Waals surface area (Å²) in [5.41, 5.74) is 2.98. The molecule has 0 radical (unpaired) electrons. The van der Waals surface area contributed by atoms with Crippen molar-refractivity contribution in [3.05, 3.63) is 52.4 Å². The Kier molecular flexibility index (Phi) is 2.63. The van der Waals surface area contributed by atoms with E-state index in [2.05, 4.69) is 29.3 Å². The molecule has 1 aromatic carbocycles. The zero-order valence-corrected chi connectivity index (χ0v) is 8.53. The van der Waals surface area contributed by atoms with Gasteiger partial charge in [0, 0.05) is 11.6 Å². The molecule has 0 unspecified atom stereocenters. The van der Waals surface area contributed by atoms with Gasteiger partial charge in [-0.15, -0.1) is 0 Å². The lowest BCUT2D eigenvalue weighted by atomic mass is 10.1. The summed E-state index contributed by atoms with van der Waals surface area (Å²) in [6.45, 7) is 2.11. The van der Waals surface area contributed by atoms with Crippen molar-refractivity contribution in [2.45, 2.75) is 13.3 Å². The van der Waals surface area contributed by atoms with E-state index in [1.807, 2.05) is 12.1 Å². The van der Waals surface area contributed by atoms with Crippen LogP contribution in [-0.2, 0) is 6.42 Å². The Morgan fingerprint density at radius 1 is 1.20 bits per heavy atom. The summed E-state index contributed by atoms with van der Waals surface area (Å²) in [6, 6.07) is 9.70. The molecular weight excluding hydrogens is 188 g/mol. The number of nitrogens with zero attached hydrogens (tertiary/aromatic N) is 1. The van der Waals surface area contributed by atoms with Crippen molar-refractivity contribution in [3.8, 4) is 11.1 Å². The van der Waals surface area contributed by atoms with Crippen molar-refractivity contribution in [1.29, 1.82) is 0 Å². The van der Waals surface area contributed by atoms with Gasteiger partial charge >= 0.3 is 0 Å². The molecule has 0 amide bonds. The molecule has 2 rings (SSSR count). The minimum Gasteiger partial charge on any atom is -0.268 e. The van der Waals surface area contributed by atoms with E-state index < -0.39 is 0 Å². The van der Waals surface area contributed by atoms with E-state index in [1.165, 1.54) is 5.56 Å². The molecule has 76 valence electrons. The number of aryl methyl sites for hydroxylation is 1. The SMILES string of the molecule is CCc1ccc(-c2cn[nH]c(=O)c2)cc1. The molecule has 1 aromatic heterocycles. The first-order chi connectivity index (χ1) is 7.29. The monoisotopic (exact) mass is 200 g/mol. The number of nitrogens with one attached hydrogen (secondary N) is 1. The van der Waals surface area contributed by atoms with Crippen LogP contribution in [0.4, 0.5) is 0 Å². The summed E-state index contributed by atoms with van der Waals surface area (Å²) in [5, 5.41) is 6.12. The van der Waals surface area contributed by atoms with Crippen molar-refractivity contribution in [1.82, 2.24) is 10.2 Å². The molecule has 0 aliphatic heterocycles. The normalized spacial score (nSPS) is 10.2. The first-order valence-electron chi connectivity index (χ1n) is 4.93. The second kappa shape index (κ2) is 4.09. The molecule has 15 heavy (non-hydrogen) atoms. The summed E-state index contributed by atoms with van der Waals surface area (Å²) in [6.07, 6.45) is 2.68. The molecule has 0 saturated carbocycles. The predicted molar refractivity (Wildman–Crippen MR) is 59.7 cm³/mol. The van der Waals surface area contributed by atoms with Gasteiger partial charge in [-0.1, -0.05) is 31.2 Å². The third-order valence-corrected chi connectivity index (χ3v) is 2.36. The second-order valence-electron chi connectivity index (χ2n) is 3.38. The molecule has 0 aliphatic carbocycles. The Bertz CT molecular complexity index is 500. The number of hydrogen-bond donors (Lipinski definition) is 1. The van der Waals surface area contributed by atoms with E-state index in [0.29, 0.717) is 0 Å². The van der Waals surface area contributed by atoms with Gasteiger partial charge in [-0.25, -0.2) is 5.10 Å². The van der Waals surface area contributed by atoms with E-state index in [4.69, 9.17) is 0 Å². The number of aromatic nitrogens is 2. The topological polar surface area (TPSA) is 45.8 Å². The average molecular weight is 200 g/mol. The number of rotatable bonds is 2. The molecule has 0 atom stereocenters. The highest BCUT2D eigenvalue weighted by molar-refractivity contribution is 5.62. The molecular formula is C12H12N2O.